The van der Waals surface area contributed by atoms with Gasteiger partial charge in [0.2, 0.25) is 0 Å². The zero-order chi connectivity index (χ0) is 9.42. The molecule has 2 rings (SSSR count). The molecular weight excluding hydrogens is 168 g/mol. The van der Waals surface area contributed by atoms with Gasteiger partial charge in [-0.1, -0.05) is 6.92 Å². The predicted octanol–water partition coefficient (Wildman–Crippen LogP) is -0.285. The highest BCUT2D eigenvalue weighted by Gasteiger charge is 2.23. The number of aromatic amines is 1. The zero-order valence-electron chi connectivity index (χ0n) is 7.42. The molecule has 1 atom stereocenters. The summed E-state index contributed by atoms with van der Waals surface area (Å²) >= 11 is 0. The third kappa shape index (κ3) is 1.21. The number of carbonyl (C=O) groups is 1. The minimum absolute atomic E-state index is 0.365. The number of hydrogen-bond donors (Lipinski definition) is 3. The largest absolute Gasteiger partial charge is 0.364 e. The maximum atomic E-state index is 11.0. The molecule has 1 aromatic rings. The van der Waals surface area contributed by atoms with Gasteiger partial charge in [0.15, 0.2) is 5.69 Å². The van der Waals surface area contributed by atoms with E-state index in [4.69, 9.17) is 5.73 Å². The normalized spacial score (nSPS) is 21.2. The van der Waals surface area contributed by atoms with Crippen molar-refractivity contribution in [2.24, 2.45) is 5.73 Å². The molecule has 1 aromatic heterocycles. The first kappa shape index (κ1) is 8.25. The SMILES string of the molecule is CC1CNCc2c(C(N)=O)n[nH]c21. The Balaban J connectivity index is 2.47. The Morgan fingerprint density at radius 2 is 2.46 bits per heavy atom. The Morgan fingerprint density at radius 3 is 3.15 bits per heavy atom. The summed E-state index contributed by atoms with van der Waals surface area (Å²) in [6.45, 7) is 3.66. The monoisotopic (exact) mass is 180 g/mol. The van der Waals surface area contributed by atoms with E-state index in [1.54, 1.807) is 0 Å². The zero-order valence-corrected chi connectivity index (χ0v) is 7.42. The molecule has 0 aliphatic carbocycles. The minimum Gasteiger partial charge on any atom is -0.364 e. The van der Waals surface area contributed by atoms with Crippen LogP contribution in [0.1, 0.15) is 34.6 Å². The van der Waals surface area contributed by atoms with Crippen LogP contribution in [-0.2, 0) is 6.54 Å². The van der Waals surface area contributed by atoms with Crippen molar-refractivity contribution in [3.05, 3.63) is 17.0 Å². The quantitative estimate of drug-likeness (QED) is 0.555. The van der Waals surface area contributed by atoms with Crippen molar-refractivity contribution in [1.29, 1.82) is 0 Å². The summed E-state index contributed by atoms with van der Waals surface area (Å²) in [6, 6.07) is 0. The van der Waals surface area contributed by atoms with Crippen LogP contribution in [0.15, 0.2) is 0 Å². The molecule has 0 radical (unpaired) electrons. The predicted molar refractivity (Wildman–Crippen MR) is 47.2 cm³/mol. The van der Waals surface area contributed by atoms with E-state index in [0.29, 0.717) is 18.2 Å². The number of fused-ring (bicyclic) bond motifs is 1. The molecule has 0 aromatic carbocycles. The first-order valence-corrected chi connectivity index (χ1v) is 4.27. The molecule has 1 amide bonds. The van der Waals surface area contributed by atoms with E-state index in [1.165, 1.54) is 0 Å². The first-order valence-electron chi connectivity index (χ1n) is 4.27. The van der Waals surface area contributed by atoms with Crippen LogP contribution in [0.3, 0.4) is 0 Å². The van der Waals surface area contributed by atoms with E-state index in [2.05, 4.69) is 22.4 Å². The van der Waals surface area contributed by atoms with Gasteiger partial charge in [-0.3, -0.25) is 9.89 Å². The molecule has 13 heavy (non-hydrogen) atoms. The molecule has 70 valence electrons. The van der Waals surface area contributed by atoms with E-state index < -0.39 is 5.91 Å². The Hall–Kier alpha value is -1.36. The fraction of sp³-hybridized carbons (Fsp3) is 0.500. The maximum absolute atomic E-state index is 11.0. The summed E-state index contributed by atoms with van der Waals surface area (Å²) in [4.78, 5) is 11.0. The number of nitrogens with one attached hydrogen (secondary N) is 2. The van der Waals surface area contributed by atoms with Gasteiger partial charge >= 0.3 is 0 Å². The number of hydrogen-bond acceptors (Lipinski definition) is 3. The molecule has 2 heterocycles. The van der Waals surface area contributed by atoms with E-state index in [-0.39, 0.29) is 0 Å². The second-order valence-corrected chi connectivity index (χ2v) is 3.36. The second-order valence-electron chi connectivity index (χ2n) is 3.36. The maximum Gasteiger partial charge on any atom is 0.269 e. The third-order valence-corrected chi connectivity index (χ3v) is 2.38. The number of amides is 1. The van der Waals surface area contributed by atoms with E-state index in [0.717, 1.165) is 17.8 Å². The van der Waals surface area contributed by atoms with Crippen LogP contribution < -0.4 is 11.1 Å². The average Bonchev–Trinajstić information content (AvgIpc) is 2.48. The number of carbonyl (C=O) groups excluding carboxylic acids is 1. The fourth-order valence-electron chi connectivity index (χ4n) is 1.68. The Kier molecular flexibility index (Phi) is 1.81. The van der Waals surface area contributed by atoms with E-state index >= 15 is 0 Å². The van der Waals surface area contributed by atoms with Crippen molar-refractivity contribution in [1.82, 2.24) is 15.5 Å². The molecule has 0 saturated heterocycles. The Bertz CT molecular complexity index is 344. The van der Waals surface area contributed by atoms with Gasteiger partial charge in [0.1, 0.15) is 0 Å². The summed E-state index contributed by atoms with van der Waals surface area (Å²) in [5.74, 6) is -0.0993. The molecule has 4 N–H and O–H groups in total. The lowest BCUT2D eigenvalue weighted by Gasteiger charge is -2.18. The second kappa shape index (κ2) is 2.85. The van der Waals surface area contributed by atoms with Crippen molar-refractivity contribution < 1.29 is 4.79 Å². The first-order chi connectivity index (χ1) is 6.20. The van der Waals surface area contributed by atoms with Gasteiger partial charge in [-0.25, -0.2) is 0 Å². The smallest absolute Gasteiger partial charge is 0.269 e. The van der Waals surface area contributed by atoms with Crippen molar-refractivity contribution in [3.63, 3.8) is 0 Å². The molecule has 5 heteroatoms. The van der Waals surface area contributed by atoms with Gasteiger partial charge in [-0.15, -0.1) is 0 Å². The number of nitrogens with zero attached hydrogens (tertiary/aromatic N) is 1. The average molecular weight is 180 g/mol. The lowest BCUT2D eigenvalue weighted by atomic mass is 9.98. The number of H-pyrrole nitrogens is 1. The van der Waals surface area contributed by atoms with Gasteiger partial charge in [-0.2, -0.15) is 5.10 Å². The molecule has 0 spiro atoms. The van der Waals surface area contributed by atoms with Crippen molar-refractivity contribution in [2.75, 3.05) is 6.54 Å². The highest BCUT2D eigenvalue weighted by molar-refractivity contribution is 5.92. The van der Waals surface area contributed by atoms with Crippen molar-refractivity contribution >= 4 is 5.91 Å². The highest BCUT2D eigenvalue weighted by atomic mass is 16.1. The highest BCUT2D eigenvalue weighted by Crippen LogP contribution is 2.23. The summed E-state index contributed by atoms with van der Waals surface area (Å²) < 4.78 is 0. The van der Waals surface area contributed by atoms with Crippen LogP contribution in [0.2, 0.25) is 0 Å². The van der Waals surface area contributed by atoms with E-state index in [9.17, 15) is 4.79 Å². The van der Waals surface area contributed by atoms with Gasteiger partial charge < -0.3 is 11.1 Å². The van der Waals surface area contributed by atoms with Crippen LogP contribution in [0.25, 0.3) is 0 Å². The van der Waals surface area contributed by atoms with Gasteiger partial charge in [0.05, 0.1) is 0 Å². The van der Waals surface area contributed by atoms with Gasteiger partial charge in [-0.05, 0) is 0 Å². The Labute approximate surface area is 75.7 Å². The lowest BCUT2D eigenvalue weighted by Crippen LogP contribution is -2.28. The number of nitrogens with two attached hydrogens (primary N) is 1. The lowest BCUT2D eigenvalue weighted by molar-refractivity contribution is 0.0994. The van der Waals surface area contributed by atoms with Crippen molar-refractivity contribution in [3.8, 4) is 0 Å². The molecular formula is C8H12N4O. The van der Waals surface area contributed by atoms with Crippen LogP contribution in [0, 0.1) is 0 Å². The fourth-order valence-corrected chi connectivity index (χ4v) is 1.68. The number of aromatic nitrogens is 2. The molecule has 1 unspecified atom stereocenters. The minimum atomic E-state index is -0.464. The van der Waals surface area contributed by atoms with E-state index in [1.807, 2.05) is 0 Å². The van der Waals surface area contributed by atoms with Crippen LogP contribution in [0.4, 0.5) is 0 Å². The topological polar surface area (TPSA) is 83.8 Å². The molecule has 1 aliphatic rings. The summed E-state index contributed by atoms with van der Waals surface area (Å²) in [6.07, 6.45) is 0. The van der Waals surface area contributed by atoms with Gasteiger partial charge in [0, 0.05) is 30.3 Å². The molecule has 0 bridgehead atoms. The van der Waals surface area contributed by atoms with Gasteiger partial charge in [0.25, 0.3) is 5.91 Å². The molecule has 5 nitrogen and oxygen atoms in total. The van der Waals surface area contributed by atoms with Crippen LogP contribution >= 0.6 is 0 Å². The van der Waals surface area contributed by atoms with Crippen molar-refractivity contribution in [2.45, 2.75) is 19.4 Å². The molecule has 1 aliphatic heterocycles. The summed E-state index contributed by atoms with van der Waals surface area (Å²) in [5.41, 5.74) is 7.51. The summed E-state index contributed by atoms with van der Waals surface area (Å²) in [7, 11) is 0. The number of primary amides is 1. The van der Waals surface area contributed by atoms with Crippen LogP contribution in [-0.4, -0.2) is 22.6 Å². The third-order valence-electron chi connectivity index (χ3n) is 2.38. The molecule has 0 fully saturated rings. The van der Waals surface area contributed by atoms with Crippen LogP contribution in [0.5, 0.6) is 0 Å². The summed E-state index contributed by atoms with van der Waals surface area (Å²) in [5, 5.41) is 9.98. The number of rotatable bonds is 1. The standard InChI is InChI=1S/C8H12N4O/c1-4-2-10-3-5-6(4)11-12-7(5)8(9)13/h4,10H,2-3H2,1H3,(H2,9,13)(H,11,12). The Morgan fingerprint density at radius 1 is 1.69 bits per heavy atom. The molecule has 0 saturated carbocycles.